The third-order valence-electron chi connectivity index (χ3n) is 4.13. The summed E-state index contributed by atoms with van der Waals surface area (Å²) in [5, 5.41) is 1.71. The number of nitrogens with one attached hydrogen (secondary N) is 1. The second-order valence-corrected chi connectivity index (χ2v) is 6.85. The SMILES string of the molecule is Clc1cc2nc(N3CCN(c4ncccc4Cl)CC3)[nH]c2cc1Cl. The van der Waals surface area contributed by atoms with Crippen LogP contribution >= 0.6 is 34.8 Å². The van der Waals surface area contributed by atoms with E-state index < -0.39 is 0 Å². The number of pyridine rings is 1. The Hall–Kier alpha value is -1.69. The first-order valence-electron chi connectivity index (χ1n) is 7.57. The predicted molar refractivity (Wildman–Crippen MR) is 99.8 cm³/mol. The largest absolute Gasteiger partial charge is 0.352 e. The van der Waals surface area contributed by atoms with Crippen molar-refractivity contribution in [2.24, 2.45) is 0 Å². The number of aromatic amines is 1. The van der Waals surface area contributed by atoms with E-state index in [2.05, 4.69) is 24.8 Å². The van der Waals surface area contributed by atoms with Crippen molar-refractivity contribution in [2.45, 2.75) is 0 Å². The molecule has 0 amide bonds. The molecule has 2 aromatic heterocycles. The van der Waals surface area contributed by atoms with Gasteiger partial charge in [0.1, 0.15) is 5.82 Å². The first kappa shape index (κ1) is 15.8. The number of benzene rings is 1. The van der Waals surface area contributed by atoms with E-state index in [9.17, 15) is 0 Å². The molecule has 1 aliphatic heterocycles. The molecule has 0 aliphatic carbocycles. The lowest BCUT2D eigenvalue weighted by molar-refractivity contribution is 0.638. The Morgan fingerprint density at radius 3 is 2.38 bits per heavy atom. The summed E-state index contributed by atoms with van der Waals surface area (Å²) in [6, 6.07) is 7.29. The average molecular weight is 383 g/mol. The fourth-order valence-electron chi connectivity index (χ4n) is 2.88. The summed E-state index contributed by atoms with van der Waals surface area (Å²) in [6.07, 6.45) is 1.76. The van der Waals surface area contributed by atoms with Crippen molar-refractivity contribution in [2.75, 3.05) is 36.0 Å². The van der Waals surface area contributed by atoms with E-state index in [4.69, 9.17) is 34.8 Å². The third-order valence-corrected chi connectivity index (χ3v) is 5.15. The molecule has 24 heavy (non-hydrogen) atoms. The Labute approximate surface area is 154 Å². The van der Waals surface area contributed by atoms with E-state index in [1.807, 2.05) is 12.1 Å². The highest BCUT2D eigenvalue weighted by Gasteiger charge is 2.22. The van der Waals surface area contributed by atoms with Gasteiger partial charge in [0, 0.05) is 32.4 Å². The van der Waals surface area contributed by atoms with Crippen molar-refractivity contribution in [3.8, 4) is 0 Å². The molecule has 1 fully saturated rings. The maximum Gasteiger partial charge on any atom is 0.203 e. The standard InChI is InChI=1S/C16H14Cl3N5/c17-10-2-1-3-20-15(10)23-4-6-24(7-5-23)16-21-13-8-11(18)12(19)9-14(13)22-16/h1-3,8-9H,4-7H2,(H,21,22). The van der Waals surface area contributed by atoms with E-state index >= 15 is 0 Å². The number of H-pyrrole nitrogens is 1. The fourth-order valence-corrected chi connectivity index (χ4v) is 3.44. The topological polar surface area (TPSA) is 48.1 Å². The number of rotatable bonds is 2. The molecule has 3 heterocycles. The normalized spacial score (nSPS) is 15.3. The zero-order valence-corrected chi connectivity index (χ0v) is 14.9. The first-order chi connectivity index (χ1) is 11.6. The van der Waals surface area contributed by atoms with Gasteiger partial charge in [-0.1, -0.05) is 34.8 Å². The highest BCUT2D eigenvalue weighted by Crippen LogP contribution is 2.29. The van der Waals surface area contributed by atoms with Crippen LogP contribution in [0.3, 0.4) is 0 Å². The van der Waals surface area contributed by atoms with Gasteiger partial charge in [-0.15, -0.1) is 0 Å². The number of nitrogens with zero attached hydrogens (tertiary/aromatic N) is 4. The molecule has 0 saturated carbocycles. The van der Waals surface area contributed by atoms with Crippen LogP contribution in [0.15, 0.2) is 30.5 Å². The molecule has 1 aromatic carbocycles. The van der Waals surface area contributed by atoms with Gasteiger partial charge in [-0.2, -0.15) is 0 Å². The lowest BCUT2D eigenvalue weighted by atomic mass is 10.3. The molecule has 1 saturated heterocycles. The minimum Gasteiger partial charge on any atom is -0.352 e. The highest BCUT2D eigenvalue weighted by molar-refractivity contribution is 6.42. The van der Waals surface area contributed by atoms with Gasteiger partial charge in [-0.25, -0.2) is 9.97 Å². The number of hydrogen-bond acceptors (Lipinski definition) is 4. The molecule has 3 aromatic rings. The molecular formula is C16H14Cl3N5. The van der Waals surface area contributed by atoms with E-state index in [1.165, 1.54) is 0 Å². The summed E-state index contributed by atoms with van der Waals surface area (Å²) in [4.78, 5) is 16.7. The Balaban J connectivity index is 1.53. The van der Waals surface area contributed by atoms with E-state index in [1.54, 1.807) is 18.3 Å². The lowest BCUT2D eigenvalue weighted by Crippen LogP contribution is -2.47. The number of imidazole rings is 1. The fraction of sp³-hybridized carbons (Fsp3) is 0.250. The van der Waals surface area contributed by atoms with Gasteiger partial charge >= 0.3 is 0 Å². The molecule has 0 radical (unpaired) electrons. The van der Waals surface area contributed by atoms with Gasteiger partial charge in [0.2, 0.25) is 5.95 Å². The third kappa shape index (κ3) is 2.88. The summed E-state index contributed by atoms with van der Waals surface area (Å²) < 4.78 is 0. The van der Waals surface area contributed by atoms with Crippen LogP contribution in [0.4, 0.5) is 11.8 Å². The van der Waals surface area contributed by atoms with Gasteiger partial charge in [-0.05, 0) is 24.3 Å². The van der Waals surface area contributed by atoms with Gasteiger partial charge < -0.3 is 14.8 Å². The van der Waals surface area contributed by atoms with Gasteiger partial charge in [0.05, 0.1) is 26.1 Å². The second-order valence-electron chi connectivity index (χ2n) is 5.63. The Bertz CT molecular complexity index is 848. The number of aromatic nitrogens is 3. The Kier molecular flexibility index (Phi) is 4.16. The highest BCUT2D eigenvalue weighted by atomic mass is 35.5. The number of piperazine rings is 1. The molecule has 8 heteroatoms. The number of hydrogen-bond donors (Lipinski definition) is 1. The summed E-state index contributed by atoms with van der Waals surface area (Å²) in [7, 11) is 0. The predicted octanol–water partition coefficient (Wildman–Crippen LogP) is 4.24. The molecule has 0 unspecified atom stereocenters. The zero-order valence-electron chi connectivity index (χ0n) is 12.6. The molecule has 4 rings (SSSR count). The van der Waals surface area contributed by atoms with Crippen molar-refractivity contribution < 1.29 is 0 Å². The van der Waals surface area contributed by atoms with E-state index in [-0.39, 0.29) is 0 Å². The van der Waals surface area contributed by atoms with Gasteiger partial charge in [0.25, 0.3) is 0 Å². The molecular weight excluding hydrogens is 369 g/mol. The summed E-state index contributed by atoms with van der Waals surface area (Å²) in [6.45, 7) is 3.31. The summed E-state index contributed by atoms with van der Waals surface area (Å²) in [5.74, 6) is 1.66. The molecule has 1 N–H and O–H groups in total. The van der Waals surface area contributed by atoms with Crippen molar-refractivity contribution in [1.82, 2.24) is 15.0 Å². The molecule has 0 spiro atoms. The maximum absolute atomic E-state index is 6.23. The molecule has 124 valence electrons. The lowest BCUT2D eigenvalue weighted by Gasteiger charge is -2.35. The Morgan fingerprint density at radius 2 is 1.62 bits per heavy atom. The van der Waals surface area contributed by atoms with E-state index in [0.29, 0.717) is 15.1 Å². The summed E-state index contributed by atoms with van der Waals surface area (Å²) in [5.41, 5.74) is 1.70. The first-order valence-corrected chi connectivity index (χ1v) is 8.70. The van der Waals surface area contributed by atoms with Crippen LogP contribution in [-0.4, -0.2) is 41.1 Å². The average Bonchev–Trinajstić information content (AvgIpc) is 2.99. The van der Waals surface area contributed by atoms with Crippen molar-refractivity contribution in [3.63, 3.8) is 0 Å². The monoisotopic (exact) mass is 381 g/mol. The molecule has 5 nitrogen and oxygen atoms in total. The van der Waals surface area contributed by atoms with Crippen molar-refractivity contribution >= 4 is 57.6 Å². The number of halogens is 3. The molecule has 0 atom stereocenters. The Morgan fingerprint density at radius 1 is 0.917 bits per heavy atom. The van der Waals surface area contributed by atoms with Gasteiger partial charge in [-0.3, -0.25) is 0 Å². The van der Waals surface area contributed by atoms with E-state index in [0.717, 1.165) is 49.0 Å². The van der Waals surface area contributed by atoms with Crippen molar-refractivity contribution in [3.05, 3.63) is 45.5 Å². The molecule has 0 bridgehead atoms. The van der Waals surface area contributed by atoms with Crippen LogP contribution in [0.25, 0.3) is 11.0 Å². The smallest absolute Gasteiger partial charge is 0.203 e. The number of anilines is 2. The minimum absolute atomic E-state index is 0.511. The maximum atomic E-state index is 6.23. The van der Waals surface area contributed by atoms with Crippen LogP contribution in [0.5, 0.6) is 0 Å². The van der Waals surface area contributed by atoms with Crippen LogP contribution < -0.4 is 9.80 Å². The van der Waals surface area contributed by atoms with Crippen LogP contribution in [0, 0.1) is 0 Å². The van der Waals surface area contributed by atoms with Gasteiger partial charge in [0.15, 0.2) is 0 Å². The zero-order chi connectivity index (χ0) is 16.7. The van der Waals surface area contributed by atoms with Crippen LogP contribution in [0.1, 0.15) is 0 Å². The van der Waals surface area contributed by atoms with Crippen LogP contribution in [0.2, 0.25) is 15.1 Å². The van der Waals surface area contributed by atoms with Crippen molar-refractivity contribution in [1.29, 1.82) is 0 Å². The summed E-state index contributed by atoms with van der Waals surface area (Å²) >= 11 is 18.4. The second kappa shape index (κ2) is 6.31. The quantitative estimate of drug-likeness (QED) is 0.720. The molecule has 1 aliphatic rings. The van der Waals surface area contributed by atoms with Crippen LogP contribution in [-0.2, 0) is 0 Å². The number of fused-ring (bicyclic) bond motifs is 1. The minimum atomic E-state index is 0.511.